The zero-order valence-corrected chi connectivity index (χ0v) is 10.4. The summed E-state index contributed by atoms with van der Waals surface area (Å²) in [5.74, 6) is -1.40. The summed E-state index contributed by atoms with van der Waals surface area (Å²) in [5.41, 5.74) is 0. The van der Waals surface area contributed by atoms with Gasteiger partial charge in [-0.1, -0.05) is 0 Å². The summed E-state index contributed by atoms with van der Waals surface area (Å²) >= 11 is 5.77. The molecule has 2 unspecified atom stereocenters. The molecule has 1 aliphatic heterocycles. The van der Waals surface area contributed by atoms with Crippen molar-refractivity contribution in [3.8, 4) is 0 Å². The highest BCUT2D eigenvalue weighted by Crippen LogP contribution is 2.26. The van der Waals surface area contributed by atoms with E-state index in [0.717, 1.165) is 0 Å². The Balaban J connectivity index is 2.51. The first kappa shape index (κ1) is 13.7. The molecule has 94 valence electrons. The van der Waals surface area contributed by atoms with E-state index in [4.69, 9.17) is 25.8 Å². The molecule has 0 aliphatic carbocycles. The average Bonchev–Trinajstić information content (AvgIpc) is 2.57. The Labute approximate surface area is 99.6 Å². The largest absolute Gasteiger partial charge is 0.465 e. The Morgan fingerprint density at radius 1 is 1.69 bits per heavy atom. The van der Waals surface area contributed by atoms with Gasteiger partial charge in [-0.25, -0.2) is 0 Å². The van der Waals surface area contributed by atoms with E-state index in [1.54, 1.807) is 20.8 Å². The molecule has 1 aliphatic rings. The SMILES string of the molecule is CCOC(=O)C(Cl)C(O)[C@H]1COC(C)(C)O1. The Morgan fingerprint density at radius 2 is 2.31 bits per heavy atom. The van der Waals surface area contributed by atoms with E-state index in [-0.39, 0.29) is 13.2 Å². The maximum atomic E-state index is 11.3. The summed E-state index contributed by atoms with van der Waals surface area (Å²) in [7, 11) is 0. The molecule has 0 radical (unpaired) electrons. The van der Waals surface area contributed by atoms with Crippen LogP contribution in [0.4, 0.5) is 0 Å². The molecule has 6 heteroatoms. The van der Waals surface area contributed by atoms with E-state index >= 15 is 0 Å². The first-order valence-electron chi connectivity index (χ1n) is 5.18. The Kier molecular flexibility index (Phi) is 4.55. The number of hydrogen-bond acceptors (Lipinski definition) is 5. The summed E-state index contributed by atoms with van der Waals surface area (Å²) < 4.78 is 15.4. The van der Waals surface area contributed by atoms with Crippen molar-refractivity contribution in [3.63, 3.8) is 0 Å². The van der Waals surface area contributed by atoms with Crippen molar-refractivity contribution in [2.45, 2.75) is 44.1 Å². The van der Waals surface area contributed by atoms with Crippen molar-refractivity contribution in [2.75, 3.05) is 13.2 Å². The van der Waals surface area contributed by atoms with Gasteiger partial charge >= 0.3 is 5.97 Å². The van der Waals surface area contributed by atoms with Gasteiger partial charge in [-0.3, -0.25) is 4.79 Å². The molecule has 0 bridgehead atoms. The van der Waals surface area contributed by atoms with Crippen LogP contribution in [0, 0.1) is 0 Å². The monoisotopic (exact) mass is 252 g/mol. The molecular weight excluding hydrogens is 236 g/mol. The maximum absolute atomic E-state index is 11.3. The van der Waals surface area contributed by atoms with Crippen molar-refractivity contribution >= 4 is 17.6 Å². The maximum Gasteiger partial charge on any atom is 0.326 e. The second-order valence-corrected chi connectivity index (χ2v) is 4.48. The summed E-state index contributed by atoms with van der Waals surface area (Å²) in [4.78, 5) is 11.3. The molecule has 0 spiro atoms. The number of carbonyl (C=O) groups is 1. The minimum Gasteiger partial charge on any atom is -0.465 e. The third-order valence-electron chi connectivity index (χ3n) is 2.22. The van der Waals surface area contributed by atoms with Crippen LogP contribution in [0.5, 0.6) is 0 Å². The Morgan fingerprint density at radius 3 is 2.75 bits per heavy atom. The highest BCUT2D eigenvalue weighted by Gasteiger charge is 2.41. The van der Waals surface area contributed by atoms with Crippen molar-refractivity contribution < 1.29 is 24.1 Å². The van der Waals surface area contributed by atoms with Crippen LogP contribution >= 0.6 is 11.6 Å². The van der Waals surface area contributed by atoms with Crippen LogP contribution in [0.25, 0.3) is 0 Å². The average molecular weight is 253 g/mol. The molecule has 1 fully saturated rings. The van der Waals surface area contributed by atoms with Gasteiger partial charge in [0, 0.05) is 0 Å². The fourth-order valence-electron chi connectivity index (χ4n) is 1.43. The number of esters is 1. The van der Waals surface area contributed by atoms with Gasteiger partial charge < -0.3 is 19.3 Å². The third kappa shape index (κ3) is 3.31. The highest BCUT2D eigenvalue weighted by atomic mass is 35.5. The standard InChI is InChI=1S/C10H17ClO5/c1-4-14-9(13)7(11)8(12)6-5-15-10(2,3)16-6/h6-8,12H,4-5H2,1-3H3/t6-,7?,8?/m1/s1. The molecule has 0 saturated carbocycles. The number of halogens is 1. The molecule has 0 aromatic carbocycles. The Bertz CT molecular complexity index is 256. The first-order chi connectivity index (χ1) is 7.37. The zero-order valence-electron chi connectivity index (χ0n) is 9.60. The first-order valence-corrected chi connectivity index (χ1v) is 5.61. The van der Waals surface area contributed by atoms with Gasteiger partial charge in [0.15, 0.2) is 11.2 Å². The van der Waals surface area contributed by atoms with Crippen molar-refractivity contribution in [3.05, 3.63) is 0 Å². The molecule has 5 nitrogen and oxygen atoms in total. The lowest BCUT2D eigenvalue weighted by molar-refractivity contribution is -0.159. The van der Waals surface area contributed by atoms with E-state index in [1.807, 2.05) is 0 Å². The van der Waals surface area contributed by atoms with Gasteiger partial charge in [0.05, 0.1) is 13.2 Å². The zero-order chi connectivity index (χ0) is 12.3. The van der Waals surface area contributed by atoms with Crippen molar-refractivity contribution in [1.29, 1.82) is 0 Å². The normalized spacial score (nSPS) is 27.4. The number of carbonyl (C=O) groups excluding carboxylic acids is 1. The lowest BCUT2D eigenvalue weighted by Gasteiger charge is -2.22. The highest BCUT2D eigenvalue weighted by molar-refractivity contribution is 6.30. The lowest BCUT2D eigenvalue weighted by atomic mass is 10.1. The second-order valence-electron chi connectivity index (χ2n) is 4.01. The minimum atomic E-state index is -1.14. The van der Waals surface area contributed by atoms with Crippen molar-refractivity contribution in [2.24, 2.45) is 0 Å². The molecule has 1 N–H and O–H groups in total. The molecule has 0 aromatic rings. The van der Waals surface area contributed by atoms with Gasteiger partial charge in [0.1, 0.15) is 12.2 Å². The molecule has 1 saturated heterocycles. The molecule has 1 rings (SSSR count). The molecule has 0 aromatic heterocycles. The van der Waals surface area contributed by atoms with E-state index < -0.39 is 29.3 Å². The quantitative estimate of drug-likeness (QED) is 0.589. The van der Waals surface area contributed by atoms with Crippen molar-refractivity contribution in [1.82, 2.24) is 0 Å². The van der Waals surface area contributed by atoms with Crippen LogP contribution in [-0.4, -0.2) is 47.7 Å². The second kappa shape index (κ2) is 5.31. The number of aliphatic hydroxyl groups is 1. The molecule has 0 amide bonds. The fourth-order valence-corrected chi connectivity index (χ4v) is 1.66. The number of ether oxygens (including phenoxy) is 3. The van der Waals surface area contributed by atoms with Crippen LogP contribution in [0.2, 0.25) is 0 Å². The summed E-state index contributed by atoms with van der Waals surface area (Å²) in [6.45, 7) is 5.56. The fraction of sp³-hybridized carbons (Fsp3) is 0.900. The number of alkyl halides is 1. The van der Waals surface area contributed by atoms with Crippen LogP contribution in [-0.2, 0) is 19.0 Å². The third-order valence-corrected chi connectivity index (χ3v) is 2.66. The molecule has 3 atom stereocenters. The van der Waals surface area contributed by atoms with Gasteiger partial charge in [-0.2, -0.15) is 0 Å². The van der Waals surface area contributed by atoms with E-state index in [9.17, 15) is 9.90 Å². The van der Waals surface area contributed by atoms with Crippen LogP contribution < -0.4 is 0 Å². The molecule has 1 heterocycles. The predicted octanol–water partition coefficient (Wildman–Crippen LogP) is 0.669. The smallest absolute Gasteiger partial charge is 0.326 e. The lowest BCUT2D eigenvalue weighted by Crippen LogP contribution is -2.41. The molecular formula is C10H17ClO5. The summed E-state index contributed by atoms with van der Waals surface area (Å²) in [6, 6.07) is 0. The number of hydrogen-bond donors (Lipinski definition) is 1. The van der Waals surface area contributed by atoms with Crippen LogP contribution in [0.1, 0.15) is 20.8 Å². The van der Waals surface area contributed by atoms with Gasteiger partial charge in [-0.15, -0.1) is 11.6 Å². The summed E-state index contributed by atoms with van der Waals surface area (Å²) in [5, 5.41) is 8.67. The van der Waals surface area contributed by atoms with E-state index in [1.165, 1.54) is 0 Å². The van der Waals surface area contributed by atoms with Crippen LogP contribution in [0.15, 0.2) is 0 Å². The van der Waals surface area contributed by atoms with Gasteiger partial charge in [-0.05, 0) is 20.8 Å². The molecule has 16 heavy (non-hydrogen) atoms. The van der Waals surface area contributed by atoms with E-state index in [0.29, 0.717) is 0 Å². The minimum absolute atomic E-state index is 0.205. The van der Waals surface area contributed by atoms with Crippen LogP contribution in [0.3, 0.4) is 0 Å². The predicted molar refractivity (Wildman–Crippen MR) is 57.2 cm³/mol. The number of rotatable bonds is 4. The summed E-state index contributed by atoms with van der Waals surface area (Å²) in [6.07, 6.45) is -1.75. The van der Waals surface area contributed by atoms with E-state index in [2.05, 4.69) is 0 Å². The Hall–Kier alpha value is -0.360. The topological polar surface area (TPSA) is 65.0 Å². The number of aliphatic hydroxyl groups excluding tert-OH is 1. The van der Waals surface area contributed by atoms with Gasteiger partial charge in [0.25, 0.3) is 0 Å². The van der Waals surface area contributed by atoms with Gasteiger partial charge in [0.2, 0.25) is 0 Å².